The molecule has 0 saturated carbocycles. The van der Waals surface area contributed by atoms with E-state index < -0.39 is 23.3 Å². The summed E-state index contributed by atoms with van der Waals surface area (Å²) in [5.41, 5.74) is -1.54. The molecule has 0 amide bonds. The highest BCUT2D eigenvalue weighted by atomic mass is 16.6. The second-order valence-corrected chi connectivity index (χ2v) is 6.37. The Kier molecular flexibility index (Phi) is 10.0. The van der Waals surface area contributed by atoms with Crippen molar-refractivity contribution in [1.82, 2.24) is 0 Å². The minimum atomic E-state index is -1.54. The van der Waals surface area contributed by atoms with Gasteiger partial charge in [0, 0.05) is 18.8 Å². The van der Waals surface area contributed by atoms with Gasteiger partial charge in [-0.25, -0.2) is 4.79 Å². The Hall–Kier alpha value is -2.62. The van der Waals surface area contributed by atoms with Crippen LogP contribution in [0.25, 0.3) is 0 Å². The molecule has 1 atom stereocenters. The molecule has 1 aliphatic carbocycles. The molecule has 1 unspecified atom stereocenters. The maximum absolute atomic E-state index is 12.8. The highest BCUT2D eigenvalue weighted by Gasteiger charge is 2.49. The molecule has 0 aromatic carbocycles. The number of rotatable bonds is 9. The largest absolute Gasteiger partial charge is 0.465 e. The number of hydrogen-bond acceptors (Lipinski definition) is 7. The Balaban J connectivity index is 3.10. The number of carbonyl (C=O) groups is 4. The van der Waals surface area contributed by atoms with Crippen molar-refractivity contribution in [1.29, 1.82) is 0 Å². The van der Waals surface area contributed by atoms with E-state index in [1.807, 2.05) is 0 Å². The van der Waals surface area contributed by atoms with Gasteiger partial charge in [-0.3, -0.25) is 14.4 Å². The molecule has 0 bridgehead atoms. The topological polar surface area (TPSA) is 96.0 Å². The number of hydrogen-bond donors (Lipinski definition) is 0. The number of allylic oxidation sites excluding steroid dienone is 2. The van der Waals surface area contributed by atoms with Crippen molar-refractivity contribution in [2.75, 3.05) is 19.8 Å². The maximum Gasteiger partial charge on any atom is 0.384 e. The van der Waals surface area contributed by atoms with Crippen LogP contribution in [-0.2, 0) is 33.4 Å². The van der Waals surface area contributed by atoms with Crippen LogP contribution in [0, 0.1) is 23.2 Å². The van der Waals surface area contributed by atoms with Crippen LogP contribution in [0.4, 0.5) is 0 Å². The van der Waals surface area contributed by atoms with Crippen LogP contribution >= 0.6 is 0 Å². The third kappa shape index (κ3) is 6.84. The lowest BCUT2D eigenvalue weighted by molar-refractivity contribution is -0.174. The first-order valence-corrected chi connectivity index (χ1v) is 9.60. The molecule has 0 N–H and O–H groups in total. The molecule has 7 nitrogen and oxygen atoms in total. The van der Waals surface area contributed by atoms with Crippen LogP contribution in [0.1, 0.15) is 52.9 Å². The Morgan fingerprint density at radius 3 is 2.18 bits per heavy atom. The Morgan fingerprint density at radius 2 is 1.68 bits per heavy atom. The van der Waals surface area contributed by atoms with Crippen molar-refractivity contribution < 1.29 is 33.4 Å². The monoisotopic (exact) mass is 392 g/mol. The molecule has 7 heteroatoms. The van der Waals surface area contributed by atoms with Crippen LogP contribution in [0.15, 0.2) is 12.2 Å². The van der Waals surface area contributed by atoms with Gasteiger partial charge < -0.3 is 14.2 Å². The maximum atomic E-state index is 12.8. The second-order valence-electron chi connectivity index (χ2n) is 6.37. The van der Waals surface area contributed by atoms with Gasteiger partial charge in [0.25, 0.3) is 0 Å². The van der Waals surface area contributed by atoms with Crippen molar-refractivity contribution in [3.63, 3.8) is 0 Å². The van der Waals surface area contributed by atoms with Crippen LogP contribution in [0.2, 0.25) is 0 Å². The van der Waals surface area contributed by atoms with Gasteiger partial charge in [0.15, 0.2) is 11.2 Å². The van der Waals surface area contributed by atoms with Crippen LogP contribution in [-0.4, -0.2) is 43.5 Å². The summed E-state index contributed by atoms with van der Waals surface area (Å²) in [6.07, 6.45) is 4.45. The van der Waals surface area contributed by atoms with Crippen LogP contribution in [0.3, 0.4) is 0 Å². The zero-order valence-corrected chi connectivity index (χ0v) is 16.7. The van der Waals surface area contributed by atoms with Crippen molar-refractivity contribution >= 4 is 23.7 Å². The summed E-state index contributed by atoms with van der Waals surface area (Å²) in [6.45, 7) is 5.45. The van der Waals surface area contributed by atoms with E-state index in [9.17, 15) is 19.2 Å². The van der Waals surface area contributed by atoms with Crippen molar-refractivity contribution in [2.45, 2.75) is 52.9 Å². The van der Waals surface area contributed by atoms with Gasteiger partial charge >= 0.3 is 17.9 Å². The SMILES string of the molecule is CCOC(=O)C#CCCC(CC1C=CC(=O)CC1)(C(=O)OCC)C(=O)OCC. The molecule has 0 fully saturated rings. The molecule has 28 heavy (non-hydrogen) atoms. The van der Waals surface area contributed by atoms with E-state index in [2.05, 4.69) is 11.8 Å². The molecule has 0 spiro atoms. The van der Waals surface area contributed by atoms with Crippen LogP contribution < -0.4 is 0 Å². The summed E-state index contributed by atoms with van der Waals surface area (Å²) < 4.78 is 15.1. The molecular weight excluding hydrogens is 364 g/mol. The fraction of sp³-hybridized carbons (Fsp3) is 0.619. The first-order chi connectivity index (χ1) is 13.4. The van der Waals surface area contributed by atoms with Gasteiger partial charge in [-0.05, 0) is 52.0 Å². The smallest absolute Gasteiger partial charge is 0.384 e. The molecule has 0 aromatic heterocycles. The van der Waals surface area contributed by atoms with Crippen molar-refractivity contribution in [3.8, 4) is 11.8 Å². The fourth-order valence-electron chi connectivity index (χ4n) is 3.04. The van der Waals surface area contributed by atoms with E-state index in [-0.39, 0.29) is 50.8 Å². The standard InChI is InChI=1S/C21H28O7/c1-4-26-18(23)9-7-8-14-21(19(24)27-5-2,20(25)28-6-3)15-16-10-12-17(22)13-11-16/h10,12,16H,4-6,8,11,13-15H2,1-3H3. The predicted octanol–water partition coefficient (Wildman–Crippen LogP) is 2.37. The highest BCUT2D eigenvalue weighted by molar-refractivity contribution is 6.00. The summed E-state index contributed by atoms with van der Waals surface area (Å²) in [6, 6.07) is 0. The van der Waals surface area contributed by atoms with E-state index in [4.69, 9.17) is 14.2 Å². The number of ether oxygens (including phenoxy) is 3. The van der Waals surface area contributed by atoms with Crippen molar-refractivity contribution in [3.05, 3.63) is 12.2 Å². The average molecular weight is 392 g/mol. The first-order valence-electron chi connectivity index (χ1n) is 9.60. The third-order valence-electron chi connectivity index (χ3n) is 4.40. The highest BCUT2D eigenvalue weighted by Crippen LogP contribution is 2.38. The molecule has 0 aliphatic heterocycles. The van der Waals surface area contributed by atoms with Crippen LogP contribution in [0.5, 0.6) is 0 Å². The summed E-state index contributed by atoms with van der Waals surface area (Å²) in [7, 11) is 0. The molecule has 1 rings (SSSR count). The van der Waals surface area contributed by atoms with Crippen molar-refractivity contribution in [2.24, 2.45) is 11.3 Å². The summed E-state index contributed by atoms with van der Waals surface area (Å²) >= 11 is 0. The minimum Gasteiger partial charge on any atom is -0.465 e. The van der Waals surface area contributed by atoms with E-state index in [0.717, 1.165) is 0 Å². The normalized spacial score (nSPS) is 16.0. The molecular formula is C21H28O7. The zero-order chi connectivity index (χ0) is 21.0. The Bertz CT molecular complexity index is 648. The molecule has 0 saturated heterocycles. The average Bonchev–Trinajstić information content (AvgIpc) is 2.66. The number of esters is 3. The van der Waals surface area contributed by atoms with E-state index in [0.29, 0.717) is 12.8 Å². The van der Waals surface area contributed by atoms with Gasteiger partial charge in [0.05, 0.1) is 19.8 Å². The molecule has 0 aromatic rings. The predicted molar refractivity (Wildman–Crippen MR) is 101 cm³/mol. The summed E-state index contributed by atoms with van der Waals surface area (Å²) in [4.78, 5) is 48.4. The first kappa shape index (κ1) is 23.4. The van der Waals surface area contributed by atoms with E-state index in [1.165, 1.54) is 6.08 Å². The van der Waals surface area contributed by atoms with Gasteiger partial charge in [0.2, 0.25) is 0 Å². The molecule has 0 radical (unpaired) electrons. The van der Waals surface area contributed by atoms with E-state index >= 15 is 0 Å². The fourth-order valence-corrected chi connectivity index (χ4v) is 3.04. The molecule has 0 heterocycles. The number of carbonyl (C=O) groups excluding carboxylic acids is 4. The Morgan fingerprint density at radius 1 is 1.07 bits per heavy atom. The number of ketones is 1. The summed E-state index contributed by atoms with van der Waals surface area (Å²) in [5, 5.41) is 0. The Labute approximate surface area is 165 Å². The molecule has 154 valence electrons. The molecule has 1 aliphatic rings. The lowest BCUT2D eigenvalue weighted by atomic mass is 9.73. The summed E-state index contributed by atoms with van der Waals surface area (Å²) in [5.74, 6) is 2.87. The lowest BCUT2D eigenvalue weighted by Gasteiger charge is -2.32. The second kappa shape index (κ2) is 12.0. The van der Waals surface area contributed by atoms with Gasteiger partial charge in [-0.15, -0.1) is 0 Å². The van der Waals surface area contributed by atoms with E-state index in [1.54, 1.807) is 26.8 Å². The minimum absolute atomic E-state index is 0.0226. The quantitative estimate of drug-likeness (QED) is 0.195. The van der Waals surface area contributed by atoms with Gasteiger partial charge in [-0.2, -0.15) is 0 Å². The van der Waals surface area contributed by atoms with Gasteiger partial charge in [0.1, 0.15) is 0 Å². The lowest BCUT2D eigenvalue weighted by Crippen LogP contribution is -2.43. The zero-order valence-electron chi connectivity index (χ0n) is 16.7. The van der Waals surface area contributed by atoms with Gasteiger partial charge in [-0.1, -0.05) is 12.0 Å². The third-order valence-corrected chi connectivity index (χ3v) is 4.40.